The van der Waals surface area contributed by atoms with Crippen molar-refractivity contribution >= 4 is 22.6 Å². The third kappa shape index (κ3) is 3.64. The molecule has 1 aliphatic heterocycles. The van der Waals surface area contributed by atoms with E-state index in [0.29, 0.717) is 6.04 Å². The summed E-state index contributed by atoms with van der Waals surface area (Å²) in [5, 5.41) is 8.60. The Morgan fingerprint density at radius 2 is 2.04 bits per heavy atom. The van der Waals surface area contributed by atoms with Crippen LogP contribution < -0.4 is 5.32 Å². The number of hydrogen-bond donors (Lipinski definition) is 1. The van der Waals surface area contributed by atoms with Crippen molar-refractivity contribution in [3.8, 4) is 0 Å². The van der Waals surface area contributed by atoms with Crippen LogP contribution in [0, 0.1) is 0 Å². The van der Waals surface area contributed by atoms with Gasteiger partial charge in [-0.1, -0.05) is 0 Å². The van der Waals surface area contributed by atoms with Crippen LogP contribution in [0.3, 0.4) is 0 Å². The highest BCUT2D eigenvalue weighted by Crippen LogP contribution is 2.20. The molecule has 6 nitrogen and oxygen atoms in total. The second kappa shape index (κ2) is 6.58. The smallest absolute Gasteiger partial charge is 0.321 e. The molecule has 0 aliphatic carbocycles. The van der Waals surface area contributed by atoms with Crippen molar-refractivity contribution in [1.29, 1.82) is 0 Å². The van der Waals surface area contributed by atoms with Gasteiger partial charge in [-0.05, 0) is 52.1 Å². The summed E-state index contributed by atoms with van der Waals surface area (Å²) in [5.74, 6) is 0. The van der Waals surface area contributed by atoms with E-state index in [4.69, 9.17) is 0 Å². The minimum Gasteiger partial charge on any atom is -0.323 e. The van der Waals surface area contributed by atoms with Crippen LogP contribution in [0.25, 0.3) is 10.9 Å². The first-order valence-corrected chi connectivity index (χ1v) is 8.26. The average molecular weight is 315 g/mol. The number of carbonyl (C=O) groups is 1. The summed E-state index contributed by atoms with van der Waals surface area (Å²) in [4.78, 5) is 16.6. The fraction of sp³-hybridized carbons (Fsp3) is 0.529. The van der Waals surface area contributed by atoms with Crippen molar-refractivity contribution in [1.82, 2.24) is 19.6 Å². The predicted molar refractivity (Wildman–Crippen MR) is 92.8 cm³/mol. The van der Waals surface area contributed by atoms with Crippen molar-refractivity contribution in [2.75, 3.05) is 38.5 Å². The number of amides is 2. The molecule has 0 spiro atoms. The zero-order valence-corrected chi connectivity index (χ0v) is 14.1. The third-order valence-corrected chi connectivity index (χ3v) is 4.31. The molecule has 0 unspecified atom stereocenters. The number of benzene rings is 1. The van der Waals surface area contributed by atoms with Gasteiger partial charge in [-0.15, -0.1) is 0 Å². The molecule has 0 saturated carbocycles. The van der Waals surface area contributed by atoms with Gasteiger partial charge in [0.15, 0.2) is 0 Å². The molecule has 0 radical (unpaired) electrons. The molecule has 0 bridgehead atoms. The van der Waals surface area contributed by atoms with E-state index >= 15 is 0 Å². The quantitative estimate of drug-likeness (QED) is 0.927. The van der Waals surface area contributed by atoms with Crippen molar-refractivity contribution in [2.24, 2.45) is 0 Å². The molecule has 2 heterocycles. The fourth-order valence-corrected chi connectivity index (χ4v) is 2.84. The van der Waals surface area contributed by atoms with Gasteiger partial charge >= 0.3 is 6.03 Å². The minimum atomic E-state index is -0.0177. The van der Waals surface area contributed by atoms with E-state index in [9.17, 15) is 4.79 Å². The van der Waals surface area contributed by atoms with Gasteiger partial charge in [0.25, 0.3) is 0 Å². The number of urea groups is 1. The second-order valence-corrected chi connectivity index (χ2v) is 6.55. The number of carbonyl (C=O) groups excluding carboxylic acids is 1. The Balaban J connectivity index is 1.71. The van der Waals surface area contributed by atoms with Crippen LogP contribution in [0.2, 0.25) is 0 Å². The highest BCUT2D eigenvalue weighted by atomic mass is 16.2. The van der Waals surface area contributed by atoms with Gasteiger partial charge in [-0.3, -0.25) is 4.68 Å². The Kier molecular flexibility index (Phi) is 4.52. The van der Waals surface area contributed by atoms with E-state index in [1.807, 2.05) is 34.0 Å². The zero-order chi connectivity index (χ0) is 16.4. The summed E-state index contributed by atoms with van der Waals surface area (Å²) >= 11 is 0. The fourth-order valence-electron chi connectivity index (χ4n) is 2.84. The molecule has 3 rings (SSSR count). The maximum atomic E-state index is 12.5. The molecule has 0 atom stereocenters. The number of nitrogens with zero attached hydrogens (tertiary/aromatic N) is 4. The summed E-state index contributed by atoms with van der Waals surface area (Å²) in [5.41, 5.74) is 1.77. The first-order valence-electron chi connectivity index (χ1n) is 8.26. The van der Waals surface area contributed by atoms with Gasteiger partial charge in [0, 0.05) is 42.9 Å². The Labute approximate surface area is 137 Å². The normalized spacial score (nSPS) is 16.8. The van der Waals surface area contributed by atoms with Gasteiger partial charge < -0.3 is 15.1 Å². The molecule has 1 aliphatic rings. The number of nitrogens with one attached hydrogen (secondary N) is 1. The van der Waals surface area contributed by atoms with Crippen LogP contribution in [0.1, 0.15) is 26.3 Å². The third-order valence-electron chi connectivity index (χ3n) is 4.31. The van der Waals surface area contributed by atoms with Crippen LogP contribution in [0.4, 0.5) is 10.5 Å². The van der Waals surface area contributed by atoms with E-state index < -0.39 is 0 Å². The summed E-state index contributed by atoms with van der Waals surface area (Å²) in [6, 6.07) is 6.18. The molecule has 1 N–H and O–H groups in total. The highest BCUT2D eigenvalue weighted by molar-refractivity contribution is 5.92. The maximum Gasteiger partial charge on any atom is 0.321 e. The first-order chi connectivity index (χ1) is 11.0. The number of fused-ring (bicyclic) bond motifs is 1. The lowest BCUT2D eigenvalue weighted by Gasteiger charge is -2.21. The number of hydrogen-bond acceptors (Lipinski definition) is 3. The summed E-state index contributed by atoms with van der Waals surface area (Å²) in [6.45, 7) is 7.76. The van der Waals surface area contributed by atoms with Crippen molar-refractivity contribution in [3.63, 3.8) is 0 Å². The van der Waals surface area contributed by atoms with Gasteiger partial charge in [0.05, 0.1) is 5.52 Å². The van der Waals surface area contributed by atoms with Crippen LogP contribution in [-0.2, 0) is 0 Å². The summed E-state index contributed by atoms with van der Waals surface area (Å²) in [7, 11) is 2.10. The number of aromatic nitrogens is 2. The predicted octanol–water partition coefficient (Wildman–Crippen LogP) is 2.79. The van der Waals surface area contributed by atoms with E-state index in [0.717, 1.165) is 49.2 Å². The monoisotopic (exact) mass is 315 g/mol. The van der Waals surface area contributed by atoms with Crippen LogP contribution in [0.5, 0.6) is 0 Å². The molecule has 23 heavy (non-hydrogen) atoms. The largest absolute Gasteiger partial charge is 0.323 e. The molecule has 1 fully saturated rings. The molecule has 124 valence electrons. The highest BCUT2D eigenvalue weighted by Gasteiger charge is 2.17. The van der Waals surface area contributed by atoms with Gasteiger partial charge in [0.2, 0.25) is 0 Å². The van der Waals surface area contributed by atoms with Crippen LogP contribution in [0.15, 0.2) is 24.4 Å². The van der Waals surface area contributed by atoms with Crippen LogP contribution >= 0.6 is 0 Å². The molecular formula is C17H25N5O. The van der Waals surface area contributed by atoms with E-state index in [-0.39, 0.29) is 6.03 Å². The first kappa shape index (κ1) is 15.8. The molecule has 2 aromatic rings. The van der Waals surface area contributed by atoms with Gasteiger partial charge in [0.1, 0.15) is 0 Å². The Morgan fingerprint density at radius 3 is 2.83 bits per heavy atom. The lowest BCUT2D eigenvalue weighted by atomic mass is 10.2. The molecule has 6 heteroatoms. The second-order valence-electron chi connectivity index (χ2n) is 6.55. The Hall–Kier alpha value is -2.08. The lowest BCUT2D eigenvalue weighted by molar-refractivity contribution is 0.213. The van der Waals surface area contributed by atoms with E-state index in [2.05, 4.69) is 36.2 Å². The number of rotatable bonds is 2. The van der Waals surface area contributed by atoms with Crippen molar-refractivity contribution in [2.45, 2.75) is 26.3 Å². The molecule has 1 aromatic carbocycles. The minimum absolute atomic E-state index is 0.0177. The molecule has 1 saturated heterocycles. The summed E-state index contributed by atoms with van der Waals surface area (Å²) < 4.78 is 1.95. The zero-order valence-electron chi connectivity index (χ0n) is 14.1. The Morgan fingerprint density at radius 1 is 1.22 bits per heavy atom. The Bertz CT molecular complexity index is 693. The summed E-state index contributed by atoms with van der Waals surface area (Å²) in [6.07, 6.45) is 3.04. The average Bonchev–Trinajstić information content (AvgIpc) is 2.82. The maximum absolute atomic E-state index is 12.5. The molecule has 2 amide bonds. The van der Waals surface area contributed by atoms with Gasteiger partial charge in [-0.25, -0.2) is 4.79 Å². The van der Waals surface area contributed by atoms with E-state index in [1.54, 1.807) is 0 Å². The van der Waals surface area contributed by atoms with Crippen molar-refractivity contribution < 1.29 is 4.79 Å². The molecule has 1 aromatic heterocycles. The topological polar surface area (TPSA) is 53.4 Å². The molecular weight excluding hydrogens is 290 g/mol. The number of likely N-dealkylation sites (N-methyl/N-ethyl adjacent to an activating group) is 1. The standard InChI is InChI=1S/C17H25N5O/c1-13(2)22-12-14-11-15(5-6-16(14)19-22)18-17(23)21-8-4-7-20(3)9-10-21/h5-6,11-13H,4,7-10H2,1-3H3,(H,18,23). The SMILES string of the molecule is CC(C)n1cc2cc(NC(=O)N3CCCN(C)CC3)ccc2n1. The lowest BCUT2D eigenvalue weighted by Crippen LogP contribution is -2.37. The van der Waals surface area contributed by atoms with E-state index in [1.165, 1.54) is 0 Å². The van der Waals surface area contributed by atoms with Gasteiger partial charge in [-0.2, -0.15) is 5.10 Å². The van der Waals surface area contributed by atoms with Crippen LogP contribution in [-0.4, -0.2) is 58.8 Å². The number of anilines is 1. The van der Waals surface area contributed by atoms with Crippen molar-refractivity contribution in [3.05, 3.63) is 24.4 Å².